The van der Waals surface area contributed by atoms with Crippen molar-refractivity contribution in [3.8, 4) is 0 Å². The average molecular weight is 225 g/mol. The van der Waals surface area contributed by atoms with Crippen LogP contribution in [0.3, 0.4) is 0 Å². The van der Waals surface area contributed by atoms with Crippen molar-refractivity contribution in [3.05, 3.63) is 60.2 Å². The number of hydrogen-bond acceptors (Lipinski definition) is 0. The molecule has 0 heterocycles. The topological polar surface area (TPSA) is 0 Å². The van der Waals surface area contributed by atoms with Gasteiger partial charge in [0.15, 0.2) is 0 Å². The Balaban J connectivity index is 0.00000128. The molecular formula is C14H15BP. The lowest BCUT2D eigenvalue weighted by molar-refractivity contribution is 1.52. The summed E-state index contributed by atoms with van der Waals surface area (Å²) in [6.07, 6.45) is 0. The molecule has 2 aromatic carbocycles. The van der Waals surface area contributed by atoms with Gasteiger partial charge in [-0.1, -0.05) is 54.6 Å². The molecule has 0 N–H and O–H groups in total. The first kappa shape index (κ1) is 13.0. The van der Waals surface area contributed by atoms with Gasteiger partial charge in [-0.15, -0.1) is 0 Å². The minimum Gasteiger partial charge on any atom is -0.0622 e. The van der Waals surface area contributed by atoms with Gasteiger partial charge in [-0.2, -0.15) is 0 Å². The standard InChI is InChI=1S/C14H15P.B/c1-12-8-6-7-11-14(12)15(2)13-9-4-3-5-10-13;/h3-11H,1-2H3;/t15-;/m1./s1. The van der Waals surface area contributed by atoms with Gasteiger partial charge in [0.1, 0.15) is 0 Å². The van der Waals surface area contributed by atoms with Gasteiger partial charge < -0.3 is 0 Å². The van der Waals surface area contributed by atoms with Crippen LogP contribution in [0.2, 0.25) is 0 Å². The van der Waals surface area contributed by atoms with Crippen LogP contribution in [-0.2, 0) is 0 Å². The second kappa shape index (κ2) is 5.87. The Morgan fingerprint density at radius 2 is 1.38 bits per heavy atom. The highest BCUT2D eigenvalue weighted by Crippen LogP contribution is 2.29. The Morgan fingerprint density at radius 3 is 2.00 bits per heavy atom. The first-order valence-electron chi connectivity index (χ1n) is 5.13. The Kier molecular flexibility index (Phi) is 4.77. The zero-order chi connectivity index (χ0) is 10.7. The largest absolute Gasteiger partial charge is 0.0622 e. The molecule has 0 bridgehead atoms. The van der Waals surface area contributed by atoms with Gasteiger partial charge in [-0.25, -0.2) is 0 Å². The van der Waals surface area contributed by atoms with E-state index in [4.69, 9.17) is 0 Å². The summed E-state index contributed by atoms with van der Waals surface area (Å²) in [5.41, 5.74) is 1.40. The van der Waals surface area contributed by atoms with Crippen LogP contribution in [0.4, 0.5) is 0 Å². The fourth-order valence-electron chi connectivity index (χ4n) is 1.73. The highest BCUT2D eigenvalue weighted by atomic mass is 31.1. The van der Waals surface area contributed by atoms with Crippen molar-refractivity contribution in [3.63, 3.8) is 0 Å². The first-order valence-corrected chi connectivity index (χ1v) is 6.92. The Labute approximate surface area is 101 Å². The van der Waals surface area contributed by atoms with E-state index < -0.39 is 0 Å². The molecule has 3 radical (unpaired) electrons. The van der Waals surface area contributed by atoms with E-state index in [1.54, 1.807) is 0 Å². The van der Waals surface area contributed by atoms with Crippen LogP contribution in [0, 0.1) is 6.92 Å². The van der Waals surface area contributed by atoms with Gasteiger partial charge in [0.25, 0.3) is 0 Å². The molecule has 0 amide bonds. The van der Waals surface area contributed by atoms with E-state index in [-0.39, 0.29) is 16.3 Å². The summed E-state index contributed by atoms with van der Waals surface area (Å²) in [5, 5.41) is 2.93. The molecule has 0 aliphatic heterocycles. The van der Waals surface area contributed by atoms with E-state index in [0.717, 1.165) is 0 Å². The van der Waals surface area contributed by atoms with E-state index in [1.807, 2.05) is 0 Å². The lowest BCUT2D eigenvalue weighted by atomic mass is 10.2. The first-order chi connectivity index (χ1) is 7.29. The fourth-order valence-corrected chi connectivity index (χ4v) is 3.54. The Hall–Kier alpha value is -1.07. The van der Waals surface area contributed by atoms with E-state index >= 15 is 0 Å². The Morgan fingerprint density at radius 1 is 0.812 bits per heavy atom. The maximum atomic E-state index is 2.33. The predicted octanol–water partition coefficient (Wildman–Crippen LogP) is 2.68. The third-order valence-corrected chi connectivity index (χ3v) is 4.92. The highest BCUT2D eigenvalue weighted by molar-refractivity contribution is 7.72. The van der Waals surface area contributed by atoms with Crippen LogP contribution in [0.5, 0.6) is 0 Å². The molecule has 0 fully saturated rings. The highest BCUT2D eigenvalue weighted by Gasteiger charge is 2.08. The van der Waals surface area contributed by atoms with Crippen LogP contribution in [0.25, 0.3) is 0 Å². The summed E-state index contributed by atoms with van der Waals surface area (Å²) < 4.78 is 0. The van der Waals surface area contributed by atoms with Crippen molar-refractivity contribution >= 4 is 26.9 Å². The SMILES string of the molecule is Cc1ccccc1[P@](C)c1ccccc1.[B]. The zero-order valence-corrected chi connectivity index (χ0v) is 10.6. The monoisotopic (exact) mass is 225 g/mol. The van der Waals surface area contributed by atoms with Crippen molar-refractivity contribution in [2.75, 3.05) is 6.66 Å². The minimum atomic E-state index is -0.192. The maximum Gasteiger partial charge on any atom is 0 e. The second-order valence-electron chi connectivity index (χ2n) is 3.68. The molecule has 0 spiro atoms. The lowest BCUT2D eigenvalue weighted by Gasteiger charge is -2.15. The molecule has 0 aliphatic rings. The molecule has 0 unspecified atom stereocenters. The molecule has 0 nitrogen and oxygen atoms in total. The number of benzene rings is 2. The molecule has 0 aromatic heterocycles. The number of rotatable bonds is 2. The summed E-state index contributed by atoms with van der Waals surface area (Å²) in [6, 6.07) is 19.4. The summed E-state index contributed by atoms with van der Waals surface area (Å²) in [7, 11) is -0.192. The van der Waals surface area contributed by atoms with Crippen molar-refractivity contribution in [2.45, 2.75) is 6.92 Å². The van der Waals surface area contributed by atoms with E-state index in [9.17, 15) is 0 Å². The normalized spacial score (nSPS) is 11.6. The fraction of sp³-hybridized carbons (Fsp3) is 0.143. The molecule has 16 heavy (non-hydrogen) atoms. The summed E-state index contributed by atoms with van der Waals surface area (Å²) >= 11 is 0. The van der Waals surface area contributed by atoms with Gasteiger partial charge in [-0.3, -0.25) is 0 Å². The van der Waals surface area contributed by atoms with Crippen molar-refractivity contribution in [2.24, 2.45) is 0 Å². The van der Waals surface area contributed by atoms with Gasteiger partial charge in [0.05, 0.1) is 0 Å². The second-order valence-corrected chi connectivity index (χ2v) is 5.80. The van der Waals surface area contributed by atoms with Crippen LogP contribution in [0.15, 0.2) is 54.6 Å². The summed E-state index contributed by atoms with van der Waals surface area (Å²) in [6.45, 7) is 4.52. The number of aryl methyl sites for hydroxylation is 1. The maximum absolute atomic E-state index is 2.33. The molecule has 2 heteroatoms. The van der Waals surface area contributed by atoms with Crippen LogP contribution in [-0.4, -0.2) is 15.1 Å². The Bertz CT molecular complexity index is 439. The molecule has 2 rings (SSSR count). The van der Waals surface area contributed by atoms with Gasteiger partial charge in [-0.05, 0) is 37.7 Å². The predicted molar refractivity (Wildman–Crippen MR) is 75.5 cm³/mol. The molecule has 0 saturated carbocycles. The van der Waals surface area contributed by atoms with E-state index in [2.05, 4.69) is 68.2 Å². The summed E-state index contributed by atoms with van der Waals surface area (Å²) in [5.74, 6) is 0. The third-order valence-electron chi connectivity index (χ3n) is 2.62. The van der Waals surface area contributed by atoms with Gasteiger partial charge in [0.2, 0.25) is 0 Å². The molecule has 2 aromatic rings. The smallest absolute Gasteiger partial charge is 0 e. The van der Waals surface area contributed by atoms with Gasteiger partial charge in [0, 0.05) is 8.41 Å². The van der Waals surface area contributed by atoms with E-state index in [1.165, 1.54) is 16.2 Å². The molecule has 1 atom stereocenters. The quantitative estimate of drug-likeness (QED) is 0.544. The van der Waals surface area contributed by atoms with Crippen LogP contribution >= 0.6 is 7.92 Å². The average Bonchev–Trinajstić information content (AvgIpc) is 2.30. The van der Waals surface area contributed by atoms with Crippen molar-refractivity contribution in [1.29, 1.82) is 0 Å². The van der Waals surface area contributed by atoms with Crippen LogP contribution in [0.1, 0.15) is 5.56 Å². The van der Waals surface area contributed by atoms with E-state index in [0.29, 0.717) is 0 Å². The molecule has 0 saturated heterocycles. The zero-order valence-electron chi connectivity index (χ0n) is 9.72. The summed E-state index contributed by atoms with van der Waals surface area (Å²) in [4.78, 5) is 0. The molecule has 79 valence electrons. The van der Waals surface area contributed by atoms with Gasteiger partial charge >= 0.3 is 0 Å². The number of hydrogen-bond donors (Lipinski definition) is 0. The van der Waals surface area contributed by atoms with Crippen LogP contribution < -0.4 is 10.6 Å². The van der Waals surface area contributed by atoms with Crippen molar-refractivity contribution in [1.82, 2.24) is 0 Å². The molecule has 0 aliphatic carbocycles. The molecular weight excluding hydrogens is 210 g/mol. The minimum absolute atomic E-state index is 0. The third kappa shape index (κ3) is 2.74. The lowest BCUT2D eigenvalue weighted by Crippen LogP contribution is -2.12. The van der Waals surface area contributed by atoms with Crippen molar-refractivity contribution < 1.29 is 0 Å².